The minimum absolute atomic E-state index is 0.0863. The van der Waals surface area contributed by atoms with Gasteiger partial charge in [-0.1, -0.05) is 32.0 Å². The standard InChI is InChI=1S/C20H23F2N3O3/c1-12(2)15-6-4-5-7-17(15)25(14-10-27-11-14)20(26)24-16-9-8-13(3)23-18(16)28-19(21)22/h4-9,12,14,19H,10-11H2,1-3H3,(H,24,26). The molecule has 150 valence electrons. The van der Waals surface area contributed by atoms with Crippen LogP contribution < -0.4 is 15.0 Å². The molecule has 28 heavy (non-hydrogen) atoms. The second-order valence-electron chi connectivity index (χ2n) is 6.89. The zero-order valence-electron chi connectivity index (χ0n) is 16.0. The van der Waals surface area contributed by atoms with Crippen molar-refractivity contribution in [3.05, 3.63) is 47.7 Å². The summed E-state index contributed by atoms with van der Waals surface area (Å²) in [6.07, 6.45) is 0. The highest BCUT2D eigenvalue weighted by Gasteiger charge is 2.33. The van der Waals surface area contributed by atoms with Crippen molar-refractivity contribution in [3.8, 4) is 5.88 Å². The lowest BCUT2D eigenvalue weighted by Gasteiger charge is -2.38. The van der Waals surface area contributed by atoms with Gasteiger partial charge in [0.05, 0.1) is 19.3 Å². The number of halogens is 2. The lowest BCUT2D eigenvalue weighted by Crippen LogP contribution is -2.53. The Morgan fingerprint density at radius 2 is 1.96 bits per heavy atom. The Labute approximate surface area is 162 Å². The van der Waals surface area contributed by atoms with Crippen LogP contribution in [-0.4, -0.2) is 36.9 Å². The van der Waals surface area contributed by atoms with Crippen LogP contribution in [0.3, 0.4) is 0 Å². The van der Waals surface area contributed by atoms with Crippen LogP contribution >= 0.6 is 0 Å². The van der Waals surface area contributed by atoms with Crippen molar-refractivity contribution in [1.82, 2.24) is 4.98 Å². The summed E-state index contributed by atoms with van der Waals surface area (Å²) in [5.41, 5.74) is 2.36. The fraction of sp³-hybridized carbons (Fsp3) is 0.400. The van der Waals surface area contributed by atoms with Crippen molar-refractivity contribution in [2.45, 2.75) is 39.3 Å². The number of para-hydroxylation sites is 1. The number of urea groups is 1. The molecule has 0 saturated carbocycles. The molecule has 1 aromatic carbocycles. The zero-order chi connectivity index (χ0) is 20.3. The van der Waals surface area contributed by atoms with Crippen molar-refractivity contribution in [3.63, 3.8) is 0 Å². The van der Waals surface area contributed by atoms with E-state index in [2.05, 4.69) is 15.0 Å². The molecular weight excluding hydrogens is 368 g/mol. The second kappa shape index (κ2) is 8.52. The van der Waals surface area contributed by atoms with Crippen LogP contribution in [0.5, 0.6) is 5.88 Å². The summed E-state index contributed by atoms with van der Waals surface area (Å²) in [4.78, 5) is 18.7. The largest absolute Gasteiger partial charge is 0.415 e. The number of anilines is 2. The highest BCUT2D eigenvalue weighted by Crippen LogP contribution is 2.32. The number of hydrogen-bond acceptors (Lipinski definition) is 4. The number of ether oxygens (including phenoxy) is 2. The normalized spacial score (nSPS) is 14.1. The number of benzene rings is 1. The molecule has 2 amide bonds. The monoisotopic (exact) mass is 391 g/mol. The number of nitrogens with zero attached hydrogens (tertiary/aromatic N) is 2. The molecule has 1 aromatic heterocycles. The van der Waals surface area contributed by atoms with E-state index in [9.17, 15) is 13.6 Å². The topological polar surface area (TPSA) is 63.7 Å². The Kier molecular flexibility index (Phi) is 6.08. The number of carbonyl (C=O) groups excluding carboxylic acids is 1. The molecule has 6 nitrogen and oxygen atoms in total. The molecule has 1 saturated heterocycles. The maximum Gasteiger partial charge on any atom is 0.388 e. The first kappa shape index (κ1) is 20.0. The molecule has 2 heterocycles. The average Bonchev–Trinajstić information content (AvgIpc) is 2.59. The fourth-order valence-electron chi connectivity index (χ4n) is 3.02. The van der Waals surface area contributed by atoms with Gasteiger partial charge in [0, 0.05) is 11.4 Å². The van der Waals surface area contributed by atoms with E-state index in [0.717, 1.165) is 11.3 Å². The number of aryl methyl sites for hydroxylation is 1. The lowest BCUT2D eigenvalue weighted by molar-refractivity contribution is -0.0523. The smallest absolute Gasteiger partial charge is 0.388 e. The quantitative estimate of drug-likeness (QED) is 0.785. The van der Waals surface area contributed by atoms with Crippen LogP contribution in [0.1, 0.15) is 31.0 Å². The summed E-state index contributed by atoms with van der Waals surface area (Å²) in [5.74, 6) is -0.114. The van der Waals surface area contributed by atoms with Gasteiger partial charge in [-0.15, -0.1) is 0 Å². The summed E-state index contributed by atoms with van der Waals surface area (Å²) in [6, 6.07) is 10.2. The molecule has 8 heteroatoms. The van der Waals surface area contributed by atoms with Gasteiger partial charge in [-0.3, -0.25) is 4.90 Å². The third-order valence-corrected chi connectivity index (χ3v) is 4.46. The van der Waals surface area contributed by atoms with Crippen molar-refractivity contribution < 1.29 is 23.0 Å². The number of hydrogen-bond donors (Lipinski definition) is 1. The predicted octanol–water partition coefficient (Wildman–Crippen LogP) is 4.55. The number of alkyl halides is 2. The summed E-state index contributed by atoms with van der Waals surface area (Å²) in [5, 5.41) is 2.67. The van der Waals surface area contributed by atoms with Gasteiger partial charge in [0.25, 0.3) is 0 Å². The Morgan fingerprint density at radius 1 is 1.25 bits per heavy atom. The molecule has 2 aromatic rings. The lowest BCUT2D eigenvalue weighted by atomic mass is 9.99. The van der Waals surface area contributed by atoms with Gasteiger partial charge in [0.1, 0.15) is 5.69 Å². The first-order chi connectivity index (χ1) is 13.4. The van der Waals surface area contributed by atoms with Crippen LogP contribution in [0, 0.1) is 6.92 Å². The SMILES string of the molecule is Cc1ccc(NC(=O)N(c2ccccc2C(C)C)C2COC2)c(OC(F)F)n1. The van der Waals surface area contributed by atoms with Crippen LogP contribution in [0.15, 0.2) is 36.4 Å². The highest BCUT2D eigenvalue weighted by atomic mass is 19.3. The van der Waals surface area contributed by atoms with Gasteiger partial charge in [0.2, 0.25) is 5.88 Å². The number of carbonyl (C=O) groups is 1. The number of rotatable bonds is 6. The minimum Gasteiger partial charge on any atom is -0.415 e. The minimum atomic E-state index is -3.04. The van der Waals surface area contributed by atoms with Crippen molar-refractivity contribution >= 4 is 17.4 Å². The fourth-order valence-corrected chi connectivity index (χ4v) is 3.02. The summed E-state index contributed by atoms with van der Waals surface area (Å²) < 4.78 is 35.2. The number of nitrogens with one attached hydrogen (secondary N) is 1. The number of amides is 2. The van der Waals surface area contributed by atoms with Gasteiger partial charge < -0.3 is 14.8 Å². The van der Waals surface area contributed by atoms with Crippen molar-refractivity contribution in [2.75, 3.05) is 23.4 Å². The van der Waals surface area contributed by atoms with Crippen LogP contribution in [0.4, 0.5) is 25.0 Å². The average molecular weight is 391 g/mol. The molecule has 0 aliphatic carbocycles. The molecule has 0 atom stereocenters. The molecule has 0 bridgehead atoms. The Morgan fingerprint density at radius 3 is 2.57 bits per heavy atom. The van der Waals surface area contributed by atoms with Gasteiger partial charge >= 0.3 is 12.6 Å². The van der Waals surface area contributed by atoms with Crippen LogP contribution in [-0.2, 0) is 4.74 Å². The molecule has 3 rings (SSSR count). The first-order valence-corrected chi connectivity index (χ1v) is 9.06. The van der Waals surface area contributed by atoms with Gasteiger partial charge in [-0.2, -0.15) is 8.78 Å². The van der Waals surface area contributed by atoms with E-state index in [1.165, 1.54) is 6.07 Å². The van der Waals surface area contributed by atoms with E-state index in [4.69, 9.17) is 4.74 Å². The maximum atomic E-state index is 13.1. The zero-order valence-corrected chi connectivity index (χ0v) is 16.0. The summed E-state index contributed by atoms with van der Waals surface area (Å²) in [6.45, 7) is 3.53. The second-order valence-corrected chi connectivity index (χ2v) is 6.89. The maximum absolute atomic E-state index is 13.1. The van der Waals surface area contributed by atoms with Gasteiger partial charge in [-0.05, 0) is 36.6 Å². The number of aromatic nitrogens is 1. The number of pyridine rings is 1. The van der Waals surface area contributed by atoms with E-state index in [1.807, 2.05) is 38.1 Å². The van der Waals surface area contributed by atoms with E-state index in [-0.39, 0.29) is 23.5 Å². The predicted molar refractivity (Wildman–Crippen MR) is 102 cm³/mol. The summed E-state index contributed by atoms with van der Waals surface area (Å²) >= 11 is 0. The molecule has 1 fully saturated rings. The third kappa shape index (κ3) is 4.39. The molecule has 1 N–H and O–H groups in total. The molecule has 0 unspecified atom stereocenters. The Bertz CT molecular complexity index is 841. The first-order valence-electron chi connectivity index (χ1n) is 9.06. The summed E-state index contributed by atoms with van der Waals surface area (Å²) in [7, 11) is 0. The van der Waals surface area contributed by atoms with E-state index in [0.29, 0.717) is 18.9 Å². The Balaban J connectivity index is 1.92. The van der Waals surface area contributed by atoms with E-state index in [1.54, 1.807) is 17.9 Å². The molecule has 0 radical (unpaired) electrons. The van der Waals surface area contributed by atoms with Crippen LogP contribution in [0.25, 0.3) is 0 Å². The third-order valence-electron chi connectivity index (χ3n) is 4.46. The van der Waals surface area contributed by atoms with Crippen LogP contribution in [0.2, 0.25) is 0 Å². The molecular formula is C20H23F2N3O3. The highest BCUT2D eigenvalue weighted by molar-refractivity contribution is 6.03. The van der Waals surface area contributed by atoms with E-state index < -0.39 is 12.6 Å². The molecule has 0 spiro atoms. The van der Waals surface area contributed by atoms with Gasteiger partial charge in [-0.25, -0.2) is 9.78 Å². The Hall–Kier alpha value is -2.74. The van der Waals surface area contributed by atoms with Crippen molar-refractivity contribution in [2.24, 2.45) is 0 Å². The van der Waals surface area contributed by atoms with Gasteiger partial charge in [0.15, 0.2) is 0 Å². The van der Waals surface area contributed by atoms with E-state index >= 15 is 0 Å². The molecule has 1 aliphatic heterocycles. The molecule has 1 aliphatic rings. The van der Waals surface area contributed by atoms with Crippen molar-refractivity contribution in [1.29, 1.82) is 0 Å².